The van der Waals surface area contributed by atoms with Gasteiger partial charge in [-0.15, -0.1) is 0 Å². The minimum atomic E-state index is -0.779. The molecule has 2 aromatic heterocycles. The Bertz CT molecular complexity index is 926. The predicted octanol–water partition coefficient (Wildman–Crippen LogP) is 0.152. The minimum absolute atomic E-state index is 0.0126. The molecule has 0 atom stereocenters. The highest BCUT2D eigenvalue weighted by Gasteiger charge is 2.27. The molecule has 0 aromatic carbocycles. The molecule has 23 heavy (non-hydrogen) atoms. The van der Waals surface area contributed by atoms with Crippen molar-refractivity contribution in [1.82, 2.24) is 14.3 Å². The molecule has 9 heteroatoms. The Morgan fingerprint density at radius 2 is 2.26 bits per heavy atom. The number of carbonyl (C=O) groups excluding carboxylic acids is 1. The molecule has 2 heterocycles. The highest BCUT2D eigenvalue weighted by molar-refractivity contribution is 5.89. The first-order chi connectivity index (χ1) is 11.0. The summed E-state index contributed by atoms with van der Waals surface area (Å²) in [6.07, 6.45) is 2.88. The zero-order chi connectivity index (χ0) is 16.6. The lowest BCUT2D eigenvalue weighted by Gasteiger charge is -2.09. The fraction of sp³-hybridized carbons (Fsp3) is 0.357. The monoisotopic (exact) mass is 315 g/mol. The van der Waals surface area contributed by atoms with E-state index in [9.17, 15) is 14.4 Å². The smallest absolute Gasteiger partial charge is 0.331 e. The summed E-state index contributed by atoms with van der Waals surface area (Å²) in [5.74, 6) is -0.489. The number of nitrogens with one attached hydrogen (secondary N) is 1. The second-order valence-electron chi connectivity index (χ2n) is 5.35. The molecule has 0 radical (unpaired) electrons. The van der Waals surface area contributed by atoms with E-state index in [2.05, 4.69) is 10.5 Å². The molecule has 0 unspecified atom stereocenters. The third-order valence-corrected chi connectivity index (χ3v) is 3.45. The average Bonchev–Trinajstić information content (AvgIpc) is 3.27. The molecule has 1 saturated carbocycles. The fourth-order valence-electron chi connectivity index (χ4n) is 2.19. The van der Waals surface area contributed by atoms with Gasteiger partial charge in [0.25, 0.3) is 5.56 Å². The van der Waals surface area contributed by atoms with Crippen molar-refractivity contribution in [3.63, 3.8) is 0 Å². The second kappa shape index (κ2) is 5.57. The first-order valence-corrected chi connectivity index (χ1v) is 6.99. The molecule has 3 rings (SSSR count). The Morgan fingerprint density at radius 3 is 2.83 bits per heavy atom. The van der Waals surface area contributed by atoms with Gasteiger partial charge in [0.15, 0.2) is 0 Å². The predicted molar refractivity (Wildman–Crippen MR) is 77.8 cm³/mol. The Balaban J connectivity index is 1.91. The van der Waals surface area contributed by atoms with Crippen LogP contribution in [0.25, 0.3) is 0 Å². The summed E-state index contributed by atoms with van der Waals surface area (Å²) >= 11 is 0. The van der Waals surface area contributed by atoms with Gasteiger partial charge in [0.1, 0.15) is 18.2 Å². The molecule has 0 bridgehead atoms. The number of hydrogen-bond acceptors (Lipinski definition) is 6. The Hall–Kier alpha value is -3.15. The quantitative estimate of drug-likeness (QED) is 0.856. The van der Waals surface area contributed by atoms with Crippen LogP contribution in [0.5, 0.6) is 0 Å². The van der Waals surface area contributed by atoms with Crippen LogP contribution >= 0.6 is 0 Å². The summed E-state index contributed by atoms with van der Waals surface area (Å²) in [5, 5.41) is 15.1. The van der Waals surface area contributed by atoms with Crippen molar-refractivity contribution in [2.75, 3.05) is 5.32 Å². The Labute approximate surface area is 129 Å². The van der Waals surface area contributed by atoms with Crippen molar-refractivity contribution < 1.29 is 9.32 Å². The van der Waals surface area contributed by atoms with E-state index in [-0.39, 0.29) is 17.5 Å². The van der Waals surface area contributed by atoms with Crippen LogP contribution in [0, 0.1) is 18.3 Å². The lowest BCUT2D eigenvalue weighted by atomic mass is 10.3. The van der Waals surface area contributed by atoms with Gasteiger partial charge >= 0.3 is 5.69 Å². The molecule has 1 N–H and O–H groups in total. The summed E-state index contributed by atoms with van der Waals surface area (Å²) in [4.78, 5) is 36.5. The van der Waals surface area contributed by atoms with E-state index in [1.807, 2.05) is 0 Å². The van der Waals surface area contributed by atoms with Gasteiger partial charge in [-0.25, -0.2) is 9.36 Å². The average molecular weight is 315 g/mol. The first-order valence-electron chi connectivity index (χ1n) is 6.99. The van der Waals surface area contributed by atoms with Crippen molar-refractivity contribution in [2.45, 2.75) is 32.4 Å². The molecule has 118 valence electrons. The maximum atomic E-state index is 12.3. The van der Waals surface area contributed by atoms with Crippen molar-refractivity contribution in [2.24, 2.45) is 0 Å². The van der Waals surface area contributed by atoms with Crippen LogP contribution in [-0.2, 0) is 11.3 Å². The summed E-state index contributed by atoms with van der Waals surface area (Å²) in [5.41, 5.74) is -0.960. The Kier molecular flexibility index (Phi) is 3.57. The van der Waals surface area contributed by atoms with Gasteiger partial charge < -0.3 is 4.52 Å². The fourth-order valence-corrected chi connectivity index (χ4v) is 2.19. The van der Waals surface area contributed by atoms with Crippen molar-refractivity contribution in [1.29, 1.82) is 5.26 Å². The summed E-state index contributed by atoms with van der Waals surface area (Å²) < 4.78 is 6.94. The van der Waals surface area contributed by atoms with E-state index in [4.69, 9.17) is 9.78 Å². The van der Waals surface area contributed by atoms with E-state index in [1.54, 1.807) is 13.0 Å². The SMILES string of the molecule is Cc1cc(NC(=O)Cn2c(=O)c(C#N)cn(C3CC3)c2=O)on1. The van der Waals surface area contributed by atoms with Crippen LogP contribution in [0.1, 0.15) is 30.1 Å². The van der Waals surface area contributed by atoms with Crippen LogP contribution in [0.2, 0.25) is 0 Å². The lowest BCUT2D eigenvalue weighted by Crippen LogP contribution is -2.43. The van der Waals surface area contributed by atoms with Crippen LogP contribution in [0.15, 0.2) is 26.4 Å². The molecule has 0 spiro atoms. The standard InChI is InChI=1S/C14H13N5O4/c1-8-4-12(23-17-8)16-11(20)7-19-13(21)9(5-15)6-18(14(19)22)10-2-3-10/h4,6,10H,2-3,7H2,1H3,(H,16,20). The van der Waals surface area contributed by atoms with Crippen LogP contribution < -0.4 is 16.6 Å². The zero-order valence-electron chi connectivity index (χ0n) is 12.3. The topological polar surface area (TPSA) is 123 Å². The van der Waals surface area contributed by atoms with Crippen LogP contribution in [0.4, 0.5) is 5.88 Å². The molecule has 9 nitrogen and oxygen atoms in total. The van der Waals surface area contributed by atoms with Crippen molar-refractivity contribution in [3.8, 4) is 6.07 Å². The Morgan fingerprint density at radius 1 is 1.52 bits per heavy atom. The maximum Gasteiger partial charge on any atom is 0.331 e. The van der Waals surface area contributed by atoms with Crippen LogP contribution in [0.3, 0.4) is 0 Å². The highest BCUT2D eigenvalue weighted by atomic mass is 16.5. The highest BCUT2D eigenvalue weighted by Crippen LogP contribution is 2.33. The van der Waals surface area contributed by atoms with Crippen molar-refractivity contribution >= 4 is 11.8 Å². The van der Waals surface area contributed by atoms with E-state index in [0.717, 1.165) is 17.4 Å². The van der Waals surface area contributed by atoms with Crippen molar-refractivity contribution in [3.05, 3.63) is 44.4 Å². The molecule has 1 aliphatic carbocycles. The molecule has 2 aromatic rings. The van der Waals surface area contributed by atoms with Gasteiger partial charge in [-0.2, -0.15) is 5.26 Å². The number of nitriles is 1. The molecular formula is C14H13N5O4. The largest absolute Gasteiger partial charge is 0.338 e. The number of hydrogen-bond donors (Lipinski definition) is 1. The normalized spacial score (nSPS) is 13.6. The zero-order valence-corrected chi connectivity index (χ0v) is 12.3. The molecule has 0 saturated heterocycles. The van der Waals surface area contributed by atoms with Gasteiger partial charge in [-0.3, -0.25) is 19.5 Å². The molecule has 1 amide bonds. The van der Waals surface area contributed by atoms with Crippen LogP contribution in [-0.4, -0.2) is 20.2 Å². The summed E-state index contributed by atoms with van der Waals surface area (Å²) in [6.45, 7) is 1.19. The second-order valence-corrected chi connectivity index (χ2v) is 5.35. The molecular weight excluding hydrogens is 302 g/mol. The first kappa shape index (κ1) is 14.8. The number of amides is 1. The number of aromatic nitrogens is 3. The number of anilines is 1. The third kappa shape index (κ3) is 2.91. The minimum Gasteiger partial charge on any atom is -0.338 e. The molecule has 1 fully saturated rings. The maximum absolute atomic E-state index is 12.3. The third-order valence-electron chi connectivity index (χ3n) is 3.45. The van der Waals surface area contributed by atoms with E-state index < -0.39 is 23.7 Å². The number of carbonyl (C=O) groups is 1. The summed E-state index contributed by atoms with van der Waals surface area (Å²) in [7, 11) is 0. The summed E-state index contributed by atoms with van der Waals surface area (Å²) in [6, 6.07) is 3.26. The van der Waals surface area contributed by atoms with Gasteiger partial charge in [0.2, 0.25) is 11.8 Å². The molecule has 0 aliphatic heterocycles. The number of nitrogens with zero attached hydrogens (tertiary/aromatic N) is 4. The van der Waals surface area contributed by atoms with Gasteiger partial charge in [0, 0.05) is 18.3 Å². The van der Waals surface area contributed by atoms with Gasteiger partial charge in [0.05, 0.1) is 5.69 Å². The molecule has 1 aliphatic rings. The lowest BCUT2D eigenvalue weighted by molar-refractivity contribution is -0.117. The van der Waals surface area contributed by atoms with Gasteiger partial charge in [-0.1, -0.05) is 5.16 Å². The van der Waals surface area contributed by atoms with E-state index in [0.29, 0.717) is 5.69 Å². The number of aryl methyl sites for hydroxylation is 1. The van der Waals surface area contributed by atoms with Gasteiger partial charge in [-0.05, 0) is 19.8 Å². The van der Waals surface area contributed by atoms with E-state index >= 15 is 0 Å². The number of rotatable bonds is 4. The van der Waals surface area contributed by atoms with E-state index in [1.165, 1.54) is 16.8 Å².